The molecule has 4 rings (SSSR count). The molecule has 114 valence electrons. The van der Waals surface area contributed by atoms with Crippen LogP contribution in [0.2, 0.25) is 0 Å². The second-order valence-corrected chi connectivity index (χ2v) is 6.39. The second kappa shape index (κ2) is 5.56. The van der Waals surface area contributed by atoms with Crippen molar-refractivity contribution in [2.24, 2.45) is 5.92 Å². The Kier molecular flexibility index (Phi) is 3.76. The lowest BCUT2D eigenvalue weighted by atomic mass is 9.84. The molecule has 3 heterocycles. The van der Waals surface area contributed by atoms with Gasteiger partial charge in [-0.15, -0.1) is 0 Å². The predicted octanol–water partition coefficient (Wildman–Crippen LogP) is 1.48. The Hall–Kier alpha value is -1.75. The summed E-state index contributed by atoms with van der Waals surface area (Å²) >= 11 is 0. The zero-order chi connectivity index (χ0) is 15.0. The molecule has 3 aliphatic rings. The molecule has 3 saturated heterocycles. The Balaban J connectivity index is 1.78. The average Bonchev–Trinajstić information content (AvgIpc) is 2.50. The summed E-state index contributed by atoms with van der Waals surface area (Å²) in [5.74, 6) is 0.731. The molecule has 3 fully saturated rings. The largest absolute Gasteiger partial charge is 0.397 e. The molecule has 3 N–H and O–H groups in total. The van der Waals surface area contributed by atoms with Gasteiger partial charge < -0.3 is 20.9 Å². The molecule has 2 bridgehead atoms. The highest BCUT2D eigenvalue weighted by Crippen LogP contribution is 2.31. The van der Waals surface area contributed by atoms with E-state index in [4.69, 9.17) is 5.73 Å². The number of piperidine rings is 3. The Labute approximate surface area is 126 Å². The molecular formula is C16H24N4O. The molecule has 0 aromatic heterocycles. The van der Waals surface area contributed by atoms with Crippen molar-refractivity contribution in [1.29, 1.82) is 0 Å². The lowest BCUT2D eigenvalue weighted by molar-refractivity contribution is 0.0827. The first-order valence-corrected chi connectivity index (χ1v) is 7.64. The number of anilines is 2. The Bertz CT molecular complexity index is 535. The number of fused-ring (bicyclic) bond motifs is 3. The Morgan fingerprint density at radius 2 is 2.05 bits per heavy atom. The fourth-order valence-corrected chi connectivity index (χ4v) is 3.40. The van der Waals surface area contributed by atoms with Gasteiger partial charge >= 0.3 is 0 Å². The molecule has 1 aromatic rings. The number of carbonyl (C=O) groups is 1. The summed E-state index contributed by atoms with van der Waals surface area (Å²) in [6, 6.07) is 5.94. The van der Waals surface area contributed by atoms with E-state index >= 15 is 0 Å². The number of carbonyl (C=O) groups excluding carboxylic acids is 1. The van der Waals surface area contributed by atoms with Crippen LogP contribution >= 0.6 is 0 Å². The van der Waals surface area contributed by atoms with E-state index in [1.165, 1.54) is 25.9 Å². The maximum Gasteiger partial charge on any atom is 0.253 e. The van der Waals surface area contributed by atoms with Crippen molar-refractivity contribution in [3.05, 3.63) is 23.8 Å². The summed E-state index contributed by atoms with van der Waals surface area (Å²) in [6.45, 7) is 3.52. The quantitative estimate of drug-likeness (QED) is 0.827. The minimum absolute atomic E-state index is 0.00645. The van der Waals surface area contributed by atoms with Gasteiger partial charge in [0, 0.05) is 32.2 Å². The third kappa shape index (κ3) is 2.83. The zero-order valence-corrected chi connectivity index (χ0v) is 12.8. The number of nitrogens with one attached hydrogen (secondary N) is 1. The van der Waals surface area contributed by atoms with Gasteiger partial charge in [0.2, 0.25) is 0 Å². The number of rotatable bonds is 3. The van der Waals surface area contributed by atoms with Crippen molar-refractivity contribution in [3.63, 3.8) is 0 Å². The standard InChI is InChI=1S/C16H24N4O/c1-19(2)16(21)12-3-4-13(17)14(9-12)18-15-10-20-7-5-11(15)6-8-20/h3-4,9,11,15,18H,5-8,10,17H2,1-2H3. The van der Waals surface area contributed by atoms with Crippen LogP contribution in [0.5, 0.6) is 0 Å². The summed E-state index contributed by atoms with van der Waals surface area (Å²) in [4.78, 5) is 16.2. The molecule has 1 aromatic carbocycles. The third-order valence-electron chi connectivity index (χ3n) is 4.70. The van der Waals surface area contributed by atoms with Gasteiger partial charge in [0.25, 0.3) is 5.91 Å². The van der Waals surface area contributed by atoms with E-state index in [1.54, 1.807) is 25.1 Å². The average molecular weight is 288 g/mol. The first kappa shape index (κ1) is 14.2. The number of amides is 1. The van der Waals surface area contributed by atoms with Gasteiger partial charge in [-0.3, -0.25) is 4.79 Å². The van der Waals surface area contributed by atoms with Crippen LogP contribution in [-0.4, -0.2) is 55.5 Å². The van der Waals surface area contributed by atoms with Gasteiger partial charge in [0.05, 0.1) is 11.4 Å². The molecule has 5 heteroatoms. The SMILES string of the molecule is CN(C)C(=O)c1ccc(N)c(NC2CN3CCC2CC3)c1. The first-order chi connectivity index (χ1) is 10.0. The van der Waals surface area contributed by atoms with E-state index in [9.17, 15) is 4.79 Å². The normalized spacial score (nSPS) is 27.4. The number of nitrogens with two attached hydrogens (primary N) is 1. The van der Waals surface area contributed by atoms with Crippen molar-refractivity contribution < 1.29 is 4.79 Å². The number of nitrogens with zero attached hydrogens (tertiary/aromatic N) is 2. The number of nitrogen functional groups attached to an aromatic ring is 1. The molecule has 1 amide bonds. The highest BCUT2D eigenvalue weighted by Gasteiger charge is 2.34. The highest BCUT2D eigenvalue weighted by molar-refractivity contribution is 5.95. The molecule has 3 aliphatic heterocycles. The summed E-state index contributed by atoms with van der Waals surface area (Å²) in [5, 5.41) is 3.58. The van der Waals surface area contributed by atoms with Crippen molar-refractivity contribution in [3.8, 4) is 0 Å². The molecule has 1 atom stereocenters. The second-order valence-electron chi connectivity index (χ2n) is 6.39. The highest BCUT2D eigenvalue weighted by atomic mass is 16.2. The van der Waals surface area contributed by atoms with Crippen LogP contribution in [0, 0.1) is 5.92 Å². The number of hydrogen-bond acceptors (Lipinski definition) is 4. The van der Waals surface area contributed by atoms with E-state index in [1.807, 2.05) is 12.1 Å². The fourth-order valence-electron chi connectivity index (χ4n) is 3.40. The molecule has 0 saturated carbocycles. The minimum Gasteiger partial charge on any atom is -0.397 e. The smallest absolute Gasteiger partial charge is 0.253 e. The van der Waals surface area contributed by atoms with E-state index in [0.29, 0.717) is 17.3 Å². The van der Waals surface area contributed by atoms with Crippen molar-refractivity contribution in [2.45, 2.75) is 18.9 Å². The topological polar surface area (TPSA) is 61.6 Å². The first-order valence-electron chi connectivity index (χ1n) is 7.64. The molecule has 0 aliphatic carbocycles. The summed E-state index contributed by atoms with van der Waals surface area (Å²) in [6.07, 6.45) is 2.52. The lowest BCUT2D eigenvalue weighted by Crippen LogP contribution is -2.53. The van der Waals surface area contributed by atoms with Gasteiger partial charge in [-0.1, -0.05) is 0 Å². The van der Waals surface area contributed by atoms with Crippen LogP contribution < -0.4 is 11.1 Å². The van der Waals surface area contributed by atoms with Crippen LogP contribution in [0.4, 0.5) is 11.4 Å². The molecule has 1 unspecified atom stereocenters. The van der Waals surface area contributed by atoms with E-state index in [-0.39, 0.29) is 5.91 Å². The lowest BCUT2D eigenvalue weighted by Gasteiger charge is -2.45. The molecule has 0 radical (unpaired) electrons. The van der Waals surface area contributed by atoms with Gasteiger partial charge in [0.15, 0.2) is 0 Å². The Morgan fingerprint density at radius 1 is 1.33 bits per heavy atom. The molecule has 0 spiro atoms. The molecular weight excluding hydrogens is 264 g/mol. The van der Waals surface area contributed by atoms with Gasteiger partial charge in [-0.05, 0) is 50.0 Å². The third-order valence-corrected chi connectivity index (χ3v) is 4.70. The maximum atomic E-state index is 12.1. The van der Waals surface area contributed by atoms with Crippen LogP contribution in [0.1, 0.15) is 23.2 Å². The van der Waals surface area contributed by atoms with E-state index in [0.717, 1.165) is 18.2 Å². The van der Waals surface area contributed by atoms with Gasteiger partial charge in [-0.25, -0.2) is 0 Å². The summed E-state index contributed by atoms with van der Waals surface area (Å²) in [5.41, 5.74) is 8.36. The molecule has 21 heavy (non-hydrogen) atoms. The van der Waals surface area contributed by atoms with E-state index < -0.39 is 0 Å². The number of benzene rings is 1. The van der Waals surface area contributed by atoms with Gasteiger partial charge in [-0.2, -0.15) is 0 Å². The minimum atomic E-state index is 0.00645. The maximum absolute atomic E-state index is 12.1. The molecule has 5 nitrogen and oxygen atoms in total. The van der Waals surface area contributed by atoms with Crippen LogP contribution in [0.15, 0.2) is 18.2 Å². The number of hydrogen-bond donors (Lipinski definition) is 2. The van der Waals surface area contributed by atoms with Crippen LogP contribution in [-0.2, 0) is 0 Å². The van der Waals surface area contributed by atoms with Crippen molar-refractivity contribution in [1.82, 2.24) is 9.80 Å². The summed E-state index contributed by atoms with van der Waals surface area (Å²) < 4.78 is 0. The van der Waals surface area contributed by atoms with Crippen LogP contribution in [0.3, 0.4) is 0 Å². The Morgan fingerprint density at radius 3 is 2.62 bits per heavy atom. The van der Waals surface area contributed by atoms with Gasteiger partial charge in [0.1, 0.15) is 0 Å². The van der Waals surface area contributed by atoms with Crippen LogP contribution in [0.25, 0.3) is 0 Å². The van der Waals surface area contributed by atoms with Crippen molar-refractivity contribution >= 4 is 17.3 Å². The summed E-state index contributed by atoms with van der Waals surface area (Å²) in [7, 11) is 3.53. The fraction of sp³-hybridized carbons (Fsp3) is 0.562. The predicted molar refractivity (Wildman–Crippen MR) is 85.4 cm³/mol. The van der Waals surface area contributed by atoms with Crippen molar-refractivity contribution in [2.75, 3.05) is 44.8 Å². The monoisotopic (exact) mass is 288 g/mol. The zero-order valence-electron chi connectivity index (χ0n) is 12.8. The van der Waals surface area contributed by atoms with E-state index in [2.05, 4.69) is 10.2 Å².